The predicted molar refractivity (Wildman–Crippen MR) is 238 cm³/mol. The first kappa shape index (κ1) is 33.9. The highest BCUT2D eigenvalue weighted by molar-refractivity contribution is 5.90. The molecule has 1 nitrogen and oxygen atoms in total. The van der Waals surface area contributed by atoms with E-state index >= 15 is 0 Å². The summed E-state index contributed by atoms with van der Waals surface area (Å²) in [5.74, 6) is 0.390. The van der Waals surface area contributed by atoms with Gasteiger partial charge in [0.05, 0.1) is 11.5 Å². The minimum Gasteiger partial charge on any atom is -0.334 e. The average Bonchev–Trinajstić information content (AvgIpc) is 3.69. The van der Waals surface area contributed by atoms with Crippen LogP contribution in [-0.2, 0) is 10.8 Å². The summed E-state index contributed by atoms with van der Waals surface area (Å²) in [5, 5.41) is 0. The first-order valence-electron chi connectivity index (χ1n) is 20.7. The third-order valence-corrected chi connectivity index (χ3v) is 13.7. The van der Waals surface area contributed by atoms with Gasteiger partial charge in [0.15, 0.2) is 0 Å². The number of benzene rings is 5. The normalized spacial score (nSPS) is 23.8. The van der Waals surface area contributed by atoms with Crippen LogP contribution in [0.25, 0.3) is 27.8 Å². The predicted octanol–water partition coefficient (Wildman–Crippen LogP) is 13.7. The lowest BCUT2D eigenvalue weighted by molar-refractivity contribution is 0.457. The molecule has 0 heterocycles. The van der Waals surface area contributed by atoms with Crippen molar-refractivity contribution in [2.75, 3.05) is 4.90 Å². The van der Waals surface area contributed by atoms with Crippen molar-refractivity contribution in [3.63, 3.8) is 0 Å². The van der Waals surface area contributed by atoms with Gasteiger partial charge in [0.2, 0.25) is 0 Å². The summed E-state index contributed by atoms with van der Waals surface area (Å²) in [6.07, 6.45) is 28.4. The van der Waals surface area contributed by atoms with Crippen LogP contribution < -0.4 is 4.90 Å². The van der Waals surface area contributed by atoms with Crippen molar-refractivity contribution >= 4 is 16.9 Å². The van der Waals surface area contributed by atoms with Gasteiger partial charge in [-0.3, -0.25) is 0 Å². The van der Waals surface area contributed by atoms with E-state index in [-0.39, 0.29) is 28.7 Å². The van der Waals surface area contributed by atoms with E-state index in [0.717, 1.165) is 19.3 Å². The zero-order chi connectivity index (χ0) is 38.1. The van der Waals surface area contributed by atoms with Gasteiger partial charge < -0.3 is 4.90 Å². The Morgan fingerprint density at radius 3 is 2.30 bits per heavy atom. The highest BCUT2D eigenvalue weighted by Crippen LogP contribution is 2.60. The standard InChI is InChI=1S/C56H45N/c1-55(2)50-27-15-14-26-46(50)49-36-43(31-34-51(49)55)57(54-28-16-20-39-19-12-13-25-45(39)54)44-30-32-47-48-35-40(38-17-6-3-7-18-38)29-33-52(48)56(53(47)37-44,41-21-8-4-9-22-41)42-23-10-5-11-24-42/h3-11,15-23,25,27-37,42,45,54H,14,24,26H2,1-2H3. The summed E-state index contributed by atoms with van der Waals surface area (Å²) in [4.78, 5) is 2.63. The maximum atomic E-state index is 3.35. The van der Waals surface area contributed by atoms with Crippen molar-refractivity contribution in [1.29, 1.82) is 0 Å². The Balaban J connectivity index is 1.16. The second kappa shape index (κ2) is 13.1. The summed E-state index contributed by atoms with van der Waals surface area (Å²) in [7, 11) is 0. The molecule has 6 aliphatic carbocycles. The molecule has 0 amide bonds. The van der Waals surface area contributed by atoms with Gasteiger partial charge in [-0.15, -0.1) is 0 Å². The molecule has 11 rings (SSSR count). The van der Waals surface area contributed by atoms with Crippen molar-refractivity contribution in [2.45, 2.75) is 50.0 Å². The van der Waals surface area contributed by atoms with Crippen LogP contribution in [0.4, 0.5) is 11.4 Å². The van der Waals surface area contributed by atoms with E-state index in [1.54, 1.807) is 0 Å². The number of nitrogens with zero attached hydrogens (tertiary/aromatic N) is 1. The smallest absolute Gasteiger partial charge is 0.0635 e. The molecule has 0 bridgehead atoms. The fraction of sp³-hybridized carbons (Fsp3) is 0.179. The summed E-state index contributed by atoms with van der Waals surface area (Å²) in [6.45, 7) is 4.79. The third-order valence-electron chi connectivity index (χ3n) is 13.7. The van der Waals surface area contributed by atoms with E-state index < -0.39 is 0 Å². The monoisotopic (exact) mass is 731 g/mol. The van der Waals surface area contributed by atoms with E-state index in [1.807, 2.05) is 0 Å². The van der Waals surface area contributed by atoms with Crippen LogP contribution in [0.3, 0.4) is 0 Å². The second-order valence-corrected chi connectivity index (χ2v) is 16.9. The van der Waals surface area contributed by atoms with Crippen LogP contribution in [-0.4, -0.2) is 6.04 Å². The molecule has 4 atom stereocenters. The number of anilines is 2. The fourth-order valence-electron chi connectivity index (χ4n) is 11.0. The van der Waals surface area contributed by atoms with Gasteiger partial charge in [-0.2, -0.15) is 0 Å². The van der Waals surface area contributed by atoms with Crippen molar-refractivity contribution in [3.05, 3.63) is 233 Å². The van der Waals surface area contributed by atoms with Crippen LogP contribution in [0.1, 0.15) is 60.9 Å². The summed E-state index contributed by atoms with van der Waals surface area (Å²) < 4.78 is 0. The van der Waals surface area contributed by atoms with E-state index in [0.29, 0.717) is 0 Å². The molecule has 1 heteroatoms. The van der Waals surface area contributed by atoms with Gasteiger partial charge >= 0.3 is 0 Å². The number of hydrogen-bond donors (Lipinski definition) is 0. The first-order valence-corrected chi connectivity index (χ1v) is 20.7. The zero-order valence-corrected chi connectivity index (χ0v) is 32.6. The molecule has 6 aliphatic rings. The lowest BCUT2D eigenvalue weighted by atomic mass is 9.62. The lowest BCUT2D eigenvalue weighted by Gasteiger charge is -2.41. The quantitative estimate of drug-likeness (QED) is 0.157. The maximum absolute atomic E-state index is 3.35. The molecule has 0 aliphatic heterocycles. The van der Waals surface area contributed by atoms with Gasteiger partial charge in [0.25, 0.3) is 0 Å². The van der Waals surface area contributed by atoms with Gasteiger partial charge in [0, 0.05) is 22.7 Å². The fourth-order valence-corrected chi connectivity index (χ4v) is 11.0. The van der Waals surface area contributed by atoms with Crippen molar-refractivity contribution < 1.29 is 0 Å². The van der Waals surface area contributed by atoms with Crippen molar-refractivity contribution in [3.8, 4) is 22.3 Å². The molecule has 0 N–H and O–H groups in total. The number of hydrogen-bond acceptors (Lipinski definition) is 1. The number of rotatable bonds is 6. The van der Waals surface area contributed by atoms with Crippen LogP contribution >= 0.6 is 0 Å². The molecule has 5 aromatic rings. The lowest BCUT2D eigenvalue weighted by Crippen LogP contribution is -2.38. The topological polar surface area (TPSA) is 3.24 Å². The zero-order valence-electron chi connectivity index (χ0n) is 32.6. The van der Waals surface area contributed by atoms with Gasteiger partial charge in [0.1, 0.15) is 0 Å². The molecule has 0 aromatic heterocycles. The molecular formula is C56H45N. The molecule has 5 aromatic carbocycles. The summed E-state index contributed by atoms with van der Waals surface area (Å²) in [5.41, 5.74) is 25.0. The first-order chi connectivity index (χ1) is 28.0. The van der Waals surface area contributed by atoms with E-state index in [2.05, 4.69) is 212 Å². The van der Waals surface area contributed by atoms with Crippen molar-refractivity contribution in [1.82, 2.24) is 0 Å². The average molecular weight is 732 g/mol. The molecule has 0 radical (unpaired) electrons. The SMILES string of the molecule is CC1(C)C2=C(CCC=C2)c2cc(N(c3ccc4c(c3)C(c3ccccc3)(C3C=CC=CC3)c3ccc(-c5ccccc5)cc3-4)C3C=CC=C4C=C=C=CC43)ccc21. The van der Waals surface area contributed by atoms with Crippen LogP contribution in [0.2, 0.25) is 0 Å². The Morgan fingerprint density at radius 2 is 1.46 bits per heavy atom. The Hall–Kier alpha value is -6.36. The highest BCUT2D eigenvalue weighted by Gasteiger charge is 2.50. The molecule has 0 fully saturated rings. The van der Waals surface area contributed by atoms with Crippen LogP contribution in [0.5, 0.6) is 0 Å². The number of fused-ring (bicyclic) bond motifs is 6. The summed E-state index contributed by atoms with van der Waals surface area (Å²) in [6, 6.07) is 44.1. The molecule has 57 heavy (non-hydrogen) atoms. The van der Waals surface area contributed by atoms with E-state index in [1.165, 1.54) is 78.2 Å². The Labute approximate surface area is 337 Å². The third kappa shape index (κ3) is 5.10. The largest absolute Gasteiger partial charge is 0.334 e. The molecule has 4 unspecified atom stereocenters. The Morgan fingerprint density at radius 1 is 0.649 bits per heavy atom. The number of allylic oxidation sites excluding steroid dienone is 11. The van der Waals surface area contributed by atoms with Crippen LogP contribution in [0.15, 0.2) is 205 Å². The molecule has 0 saturated heterocycles. The Bertz CT molecular complexity index is 2770. The van der Waals surface area contributed by atoms with Crippen LogP contribution in [0, 0.1) is 11.8 Å². The maximum Gasteiger partial charge on any atom is 0.0635 e. The second-order valence-electron chi connectivity index (χ2n) is 16.9. The van der Waals surface area contributed by atoms with E-state index in [4.69, 9.17) is 0 Å². The van der Waals surface area contributed by atoms with Gasteiger partial charge in [-0.05, 0) is 134 Å². The van der Waals surface area contributed by atoms with Gasteiger partial charge in [-0.25, -0.2) is 0 Å². The van der Waals surface area contributed by atoms with E-state index in [9.17, 15) is 0 Å². The summed E-state index contributed by atoms with van der Waals surface area (Å²) >= 11 is 0. The molecule has 274 valence electrons. The van der Waals surface area contributed by atoms with Gasteiger partial charge in [-0.1, -0.05) is 165 Å². The molecule has 0 saturated carbocycles. The highest BCUT2D eigenvalue weighted by atomic mass is 15.2. The van der Waals surface area contributed by atoms with Crippen molar-refractivity contribution in [2.24, 2.45) is 11.8 Å². The minimum absolute atomic E-state index is 0.0114. The minimum atomic E-state index is -0.385. The molecular weight excluding hydrogens is 687 g/mol. The molecule has 0 spiro atoms. The Kier molecular flexibility index (Phi) is 7.81.